The summed E-state index contributed by atoms with van der Waals surface area (Å²) in [7, 11) is 0. The van der Waals surface area contributed by atoms with Crippen LogP contribution < -0.4 is 0 Å². The fraction of sp³-hybridized carbons (Fsp3) is 0.176. The summed E-state index contributed by atoms with van der Waals surface area (Å²) in [6, 6.07) is 13.4. The van der Waals surface area contributed by atoms with Crippen molar-refractivity contribution in [3.63, 3.8) is 0 Å². The van der Waals surface area contributed by atoms with Crippen LogP contribution in [0.3, 0.4) is 0 Å². The van der Waals surface area contributed by atoms with Gasteiger partial charge in [0.15, 0.2) is 0 Å². The molecule has 1 atom stereocenters. The molecule has 1 aliphatic rings. The molecule has 0 saturated heterocycles. The highest BCUT2D eigenvalue weighted by Gasteiger charge is 2.28. The van der Waals surface area contributed by atoms with Gasteiger partial charge in [-0.3, -0.25) is 4.79 Å². The van der Waals surface area contributed by atoms with E-state index in [1.807, 2.05) is 18.2 Å². The average Bonchev–Trinajstić information content (AvgIpc) is 2.79. The molecule has 0 heterocycles. The molecule has 1 aliphatic carbocycles. The van der Waals surface area contributed by atoms with Crippen LogP contribution in [0.4, 0.5) is 0 Å². The summed E-state index contributed by atoms with van der Waals surface area (Å²) in [4.78, 5) is 22.4. The molecule has 3 rings (SSSR count). The molecule has 0 spiro atoms. The Hall–Kier alpha value is -2.42. The van der Waals surface area contributed by atoms with E-state index in [1.165, 1.54) is 11.1 Å². The van der Waals surface area contributed by atoms with Gasteiger partial charge in [-0.25, -0.2) is 4.79 Å². The maximum absolute atomic E-state index is 11.6. The van der Waals surface area contributed by atoms with Crippen LogP contribution in [0.5, 0.6) is 0 Å². The Balaban J connectivity index is 2.16. The number of Topliss-reactive ketones (excluding diaryl/α,β-unsaturated/α-hetero) is 1. The standard InChI is InChI=1S/C17H14O3/c1-2-11-12-5-3-4-6-13(12)14-8-7-10(9-15(11)14)16(18)17(19)20/h3-9,11H,2H2,1H3,(H,19,20). The Kier molecular flexibility index (Phi) is 2.90. The molecule has 1 N–H and O–H groups in total. The van der Waals surface area contributed by atoms with Gasteiger partial charge in [-0.15, -0.1) is 0 Å². The van der Waals surface area contributed by atoms with Gasteiger partial charge in [-0.2, -0.15) is 0 Å². The fourth-order valence-electron chi connectivity index (χ4n) is 3.01. The quantitative estimate of drug-likeness (QED) is 0.683. The number of hydrogen-bond acceptors (Lipinski definition) is 2. The van der Waals surface area contributed by atoms with E-state index in [-0.39, 0.29) is 11.5 Å². The molecule has 0 saturated carbocycles. The summed E-state index contributed by atoms with van der Waals surface area (Å²) >= 11 is 0. The molecule has 0 aromatic heterocycles. The SMILES string of the molecule is CCC1c2ccccc2-c2ccc(C(=O)C(=O)O)cc21. The van der Waals surface area contributed by atoms with E-state index in [0.717, 1.165) is 17.5 Å². The second kappa shape index (κ2) is 4.60. The summed E-state index contributed by atoms with van der Waals surface area (Å²) in [6.45, 7) is 2.10. The second-order valence-corrected chi connectivity index (χ2v) is 4.98. The fourth-order valence-corrected chi connectivity index (χ4v) is 3.01. The highest BCUT2D eigenvalue weighted by Crippen LogP contribution is 2.46. The molecule has 20 heavy (non-hydrogen) atoms. The predicted molar refractivity (Wildman–Crippen MR) is 76.0 cm³/mol. The van der Waals surface area contributed by atoms with E-state index in [4.69, 9.17) is 5.11 Å². The summed E-state index contributed by atoms with van der Waals surface area (Å²) in [5, 5.41) is 8.83. The van der Waals surface area contributed by atoms with Gasteiger partial charge in [0.1, 0.15) is 0 Å². The molecule has 0 fully saturated rings. The molecule has 0 aliphatic heterocycles. The molecule has 0 radical (unpaired) electrons. The lowest BCUT2D eigenvalue weighted by molar-refractivity contribution is -0.131. The van der Waals surface area contributed by atoms with Crippen LogP contribution in [0.25, 0.3) is 11.1 Å². The first-order chi connectivity index (χ1) is 9.63. The number of carbonyl (C=O) groups is 2. The number of carboxylic acid groups (broad SMARTS) is 1. The zero-order valence-corrected chi connectivity index (χ0v) is 11.1. The van der Waals surface area contributed by atoms with Crippen molar-refractivity contribution in [2.24, 2.45) is 0 Å². The van der Waals surface area contributed by atoms with E-state index in [2.05, 4.69) is 19.1 Å². The van der Waals surface area contributed by atoms with Crippen molar-refractivity contribution >= 4 is 11.8 Å². The topological polar surface area (TPSA) is 54.4 Å². The Morgan fingerprint density at radius 3 is 2.45 bits per heavy atom. The van der Waals surface area contributed by atoms with Crippen LogP contribution in [-0.2, 0) is 4.79 Å². The van der Waals surface area contributed by atoms with Crippen LogP contribution in [0.1, 0.15) is 40.7 Å². The van der Waals surface area contributed by atoms with Crippen LogP contribution in [-0.4, -0.2) is 16.9 Å². The number of ketones is 1. The summed E-state index contributed by atoms with van der Waals surface area (Å²) < 4.78 is 0. The average molecular weight is 266 g/mol. The Labute approximate surface area is 116 Å². The Morgan fingerprint density at radius 1 is 1.05 bits per heavy atom. The lowest BCUT2D eigenvalue weighted by Crippen LogP contribution is -2.13. The summed E-state index contributed by atoms with van der Waals surface area (Å²) in [6.07, 6.45) is 0.925. The molecule has 0 amide bonds. The van der Waals surface area contributed by atoms with Gasteiger partial charge in [0.25, 0.3) is 5.78 Å². The zero-order chi connectivity index (χ0) is 14.3. The number of aliphatic carboxylic acids is 1. The number of rotatable bonds is 3. The third-order valence-corrected chi connectivity index (χ3v) is 3.92. The minimum atomic E-state index is -1.41. The molecule has 2 aromatic rings. The monoisotopic (exact) mass is 266 g/mol. The van der Waals surface area contributed by atoms with Crippen molar-refractivity contribution in [2.45, 2.75) is 19.3 Å². The highest BCUT2D eigenvalue weighted by molar-refractivity contribution is 6.39. The molecule has 0 bridgehead atoms. The van der Waals surface area contributed by atoms with Crippen molar-refractivity contribution in [2.75, 3.05) is 0 Å². The molecular formula is C17H14O3. The lowest BCUT2D eigenvalue weighted by Gasteiger charge is -2.10. The van der Waals surface area contributed by atoms with Gasteiger partial charge in [0.05, 0.1) is 0 Å². The van der Waals surface area contributed by atoms with Crippen molar-refractivity contribution in [1.29, 1.82) is 0 Å². The van der Waals surface area contributed by atoms with Crippen LogP contribution >= 0.6 is 0 Å². The third-order valence-electron chi connectivity index (χ3n) is 3.92. The van der Waals surface area contributed by atoms with Crippen LogP contribution in [0, 0.1) is 0 Å². The van der Waals surface area contributed by atoms with Crippen molar-refractivity contribution in [3.8, 4) is 11.1 Å². The molecule has 1 unspecified atom stereocenters. The Bertz CT molecular complexity index is 716. The molecule has 2 aromatic carbocycles. The predicted octanol–water partition coefficient (Wildman–Crippen LogP) is 3.48. The second-order valence-electron chi connectivity index (χ2n) is 4.98. The van der Waals surface area contributed by atoms with Gasteiger partial charge in [-0.05, 0) is 34.7 Å². The summed E-state index contributed by atoms with van der Waals surface area (Å²) in [5.74, 6) is -2.02. The maximum Gasteiger partial charge on any atom is 0.377 e. The first-order valence-corrected chi connectivity index (χ1v) is 6.64. The number of carboxylic acids is 1. The number of hydrogen-bond donors (Lipinski definition) is 1. The molecule has 100 valence electrons. The normalized spacial score (nSPS) is 15.6. The van der Waals surface area contributed by atoms with E-state index >= 15 is 0 Å². The van der Waals surface area contributed by atoms with E-state index in [0.29, 0.717) is 0 Å². The van der Waals surface area contributed by atoms with Crippen molar-refractivity contribution in [3.05, 3.63) is 59.2 Å². The van der Waals surface area contributed by atoms with E-state index < -0.39 is 11.8 Å². The summed E-state index contributed by atoms with van der Waals surface area (Å²) in [5.41, 5.74) is 4.85. The first-order valence-electron chi connectivity index (χ1n) is 6.64. The molecule has 3 heteroatoms. The van der Waals surface area contributed by atoms with Crippen LogP contribution in [0.2, 0.25) is 0 Å². The Morgan fingerprint density at radius 2 is 1.75 bits per heavy atom. The largest absolute Gasteiger partial charge is 0.475 e. The number of benzene rings is 2. The third kappa shape index (κ3) is 1.74. The van der Waals surface area contributed by atoms with Gasteiger partial charge in [-0.1, -0.05) is 43.3 Å². The first kappa shape index (κ1) is 12.6. The number of carbonyl (C=O) groups excluding carboxylic acids is 1. The van der Waals surface area contributed by atoms with Gasteiger partial charge < -0.3 is 5.11 Å². The number of fused-ring (bicyclic) bond motifs is 3. The van der Waals surface area contributed by atoms with Crippen molar-refractivity contribution < 1.29 is 14.7 Å². The van der Waals surface area contributed by atoms with Crippen LogP contribution in [0.15, 0.2) is 42.5 Å². The van der Waals surface area contributed by atoms with Gasteiger partial charge >= 0.3 is 5.97 Å². The van der Waals surface area contributed by atoms with E-state index in [1.54, 1.807) is 12.1 Å². The van der Waals surface area contributed by atoms with Gasteiger partial charge in [0, 0.05) is 11.5 Å². The minimum absolute atomic E-state index is 0.239. The molecular weight excluding hydrogens is 252 g/mol. The maximum atomic E-state index is 11.6. The van der Waals surface area contributed by atoms with Crippen molar-refractivity contribution in [1.82, 2.24) is 0 Å². The molecule has 3 nitrogen and oxygen atoms in total. The van der Waals surface area contributed by atoms with Gasteiger partial charge in [0.2, 0.25) is 0 Å². The highest BCUT2D eigenvalue weighted by atomic mass is 16.4. The minimum Gasteiger partial charge on any atom is -0.475 e. The zero-order valence-electron chi connectivity index (χ0n) is 11.1. The lowest BCUT2D eigenvalue weighted by atomic mass is 9.93. The van der Waals surface area contributed by atoms with E-state index in [9.17, 15) is 9.59 Å². The smallest absolute Gasteiger partial charge is 0.377 e.